The third-order valence-corrected chi connectivity index (χ3v) is 3.47. The van der Waals surface area contributed by atoms with E-state index in [1.54, 1.807) is 30.3 Å². The highest BCUT2D eigenvalue weighted by molar-refractivity contribution is 5.29. The number of benzene rings is 2. The summed E-state index contributed by atoms with van der Waals surface area (Å²) in [6.45, 7) is 1.02. The number of rotatable bonds is 7. The molecule has 0 bridgehead atoms. The maximum Gasteiger partial charge on any atom is 0.129 e. The lowest BCUT2D eigenvalue weighted by molar-refractivity contribution is 0.154. The third kappa shape index (κ3) is 4.83. The fourth-order valence-electron chi connectivity index (χ4n) is 2.11. The molecule has 1 atom stereocenters. The minimum absolute atomic E-state index is 0.190. The zero-order chi connectivity index (χ0) is 15.9. The van der Waals surface area contributed by atoms with Crippen molar-refractivity contribution in [1.29, 1.82) is 0 Å². The molecule has 1 N–H and O–H groups in total. The van der Waals surface area contributed by atoms with Gasteiger partial charge in [0.15, 0.2) is 0 Å². The van der Waals surface area contributed by atoms with Crippen LogP contribution >= 0.6 is 0 Å². The van der Waals surface area contributed by atoms with Gasteiger partial charge in [-0.1, -0.05) is 30.3 Å². The first kappa shape index (κ1) is 16.5. The Labute approximate surface area is 131 Å². The summed E-state index contributed by atoms with van der Waals surface area (Å²) in [4.78, 5) is 2.04. The molecule has 0 spiro atoms. The summed E-state index contributed by atoms with van der Waals surface area (Å²) in [5, 5.41) is 10.1. The molecule has 1 unspecified atom stereocenters. The number of ether oxygens (including phenoxy) is 1. The molecule has 0 amide bonds. The summed E-state index contributed by atoms with van der Waals surface area (Å²) in [7, 11) is 3.96. The van der Waals surface area contributed by atoms with Crippen LogP contribution in [0.2, 0.25) is 0 Å². The molecule has 0 heterocycles. The quantitative estimate of drug-likeness (QED) is 0.851. The van der Waals surface area contributed by atoms with Gasteiger partial charge in [0, 0.05) is 12.1 Å². The van der Waals surface area contributed by atoms with E-state index in [0.717, 1.165) is 12.1 Å². The molecule has 2 aromatic rings. The average molecular weight is 303 g/mol. The molecule has 0 aliphatic rings. The summed E-state index contributed by atoms with van der Waals surface area (Å²) >= 11 is 0. The fourth-order valence-corrected chi connectivity index (χ4v) is 2.11. The molecular formula is C18H22FNO2. The lowest BCUT2D eigenvalue weighted by Crippen LogP contribution is -2.15. The van der Waals surface area contributed by atoms with E-state index in [0.29, 0.717) is 17.7 Å². The first-order chi connectivity index (χ1) is 10.6. The van der Waals surface area contributed by atoms with Gasteiger partial charge in [-0.25, -0.2) is 4.39 Å². The van der Waals surface area contributed by atoms with E-state index >= 15 is 0 Å². The van der Waals surface area contributed by atoms with Crippen molar-refractivity contribution in [3.63, 3.8) is 0 Å². The molecule has 4 heteroatoms. The van der Waals surface area contributed by atoms with E-state index in [2.05, 4.69) is 0 Å². The smallest absolute Gasteiger partial charge is 0.129 e. The topological polar surface area (TPSA) is 32.7 Å². The van der Waals surface area contributed by atoms with E-state index in [1.165, 1.54) is 6.07 Å². The fraction of sp³-hybridized carbons (Fsp3) is 0.333. The molecule has 2 aromatic carbocycles. The van der Waals surface area contributed by atoms with Crippen molar-refractivity contribution in [3.8, 4) is 5.75 Å². The monoisotopic (exact) mass is 303 g/mol. The van der Waals surface area contributed by atoms with E-state index < -0.39 is 6.10 Å². The first-order valence-corrected chi connectivity index (χ1v) is 7.35. The second-order valence-electron chi connectivity index (χ2n) is 5.56. The standard InChI is InChI=1S/C18H22FNO2/c1-20(2)12-11-18(21)14-7-9-16(10-8-14)22-13-15-5-3-4-6-17(15)19/h3-10,18,21H,11-13H2,1-2H3. The molecule has 0 fully saturated rings. The number of halogens is 1. The van der Waals surface area contributed by atoms with Gasteiger partial charge in [-0.15, -0.1) is 0 Å². The molecule has 0 aliphatic carbocycles. The molecule has 2 rings (SSSR count). The van der Waals surface area contributed by atoms with Gasteiger partial charge in [0.1, 0.15) is 18.2 Å². The maximum absolute atomic E-state index is 13.5. The number of aliphatic hydroxyl groups is 1. The van der Waals surface area contributed by atoms with Gasteiger partial charge in [0.2, 0.25) is 0 Å². The normalized spacial score (nSPS) is 12.4. The molecule has 0 aromatic heterocycles. The Kier molecular flexibility index (Phi) is 5.92. The van der Waals surface area contributed by atoms with E-state index in [4.69, 9.17) is 4.74 Å². The third-order valence-electron chi connectivity index (χ3n) is 3.47. The Balaban J connectivity index is 1.90. The van der Waals surface area contributed by atoms with Crippen LogP contribution in [0.15, 0.2) is 48.5 Å². The number of hydrogen-bond donors (Lipinski definition) is 1. The van der Waals surface area contributed by atoms with Crippen molar-refractivity contribution in [2.75, 3.05) is 20.6 Å². The summed E-state index contributed by atoms with van der Waals surface area (Å²) in [5.41, 5.74) is 1.39. The second kappa shape index (κ2) is 7.92. The highest BCUT2D eigenvalue weighted by atomic mass is 19.1. The first-order valence-electron chi connectivity index (χ1n) is 7.35. The highest BCUT2D eigenvalue weighted by Crippen LogP contribution is 2.21. The molecule has 22 heavy (non-hydrogen) atoms. The van der Waals surface area contributed by atoms with Crippen LogP contribution < -0.4 is 4.74 Å². The minimum Gasteiger partial charge on any atom is -0.489 e. The van der Waals surface area contributed by atoms with Crippen LogP contribution in [-0.2, 0) is 6.61 Å². The van der Waals surface area contributed by atoms with Crippen molar-refractivity contribution >= 4 is 0 Å². The van der Waals surface area contributed by atoms with E-state index in [1.807, 2.05) is 31.1 Å². The summed E-state index contributed by atoms with van der Waals surface area (Å²) in [6.07, 6.45) is 0.200. The molecular weight excluding hydrogens is 281 g/mol. The molecule has 118 valence electrons. The number of aliphatic hydroxyl groups excluding tert-OH is 1. The van der Waals surface area contributed by atoms with E-state index in [-0.39, 0.29) is 12.4 Å². The van der Waals surface area contributed by atoms with Crippen molar-refractivity contribution < 1.29 is 14.2 Å². The number of nitrogens with zero attached hydrogens (tertiary/aromatic N) is 1. The Bertz CT molecular complexity index is 584. The molecule has 0 radical (unpaired) electrons. The molecule has 0 saturated carbocycles. The van der Waals surface area contributed by atoms with Crippen molar-refractivity contribution in [3.05, 3.63) is 65.5 Å². The molecule has 3 nitrogen and oxygen atoms in total. The average Bonchev–Trinajstić information content (AvgIpc) is 2.52. The van der Waals surface area contributed by atoms with Crippen LogP contribution in [0, 0.1) is 5.82 Å². The van der Waals surface area contributed by atoms with Gasteiger partial charge in [-0.2, -0.15) is 0 Å². The lowest BCUT2D eigenvalue weighted by atomic mass is 10.1. The summed E-state index contributed by atoms with van der Waals surface area (Å²) in [6, 6.07) is 13.9. The van der Waals surface area contributed by atoms with Crippen molar-refractivity contribution in [1.82, 2.24) is 4.90 Å². The van der Waals surface area contributed by atoms with Crippen LogP contribution in [0.3, 0.4) is 0 Å². The summed E-state index contributed by atoms with van der Waals surface area (Å²) < 4.78 is 19.1. The Morgan fingerprint density at radius 2 is 1.77 bits per heavy atom. The summed E-state index contributed by atoms with van der Waals surface area (Å²) in [5.74, 6) is 0.394. The predicted molar refractivity (Wildman–Crippen MR) is 85.3 cm³/mol. The minimum atomic E-state index is -0.483. The predicted octanol–water partition coefficient (Wildman–Crippen LogP) is 3.39. The van der Waals surface area contributed by atoms with Crippen LogP contribution in [-0.4, -0.2) is 30.6 Å². The van der Waals surface area contributed by atoms with Crippen LogP contribution in [0.5, 0.6) is 5.75 Å². The van der Waals surface area contributed by atoms with Gasteiger partial charge in [-0.3, -0.25) is 0 Å². The van der Waals surface area contributed by atoms with Crippen LogP contribution in [0.1, 0.15) is 23.7 Å². The van der Waals surface area contributed by atoms with Gasteiger partial charge in [0.05, 0.1) is 6.10 Å². The van der Waals surface area contributed by atoms with Crippen molar-refractivity contribution in [2.24, 2.45) is 0 Å². The Hall–Kier alpha value is -1.91. The zero-order valence-corrected chi connectivity index (χ0v) is 13.0. The lowest BCUT2D eigenvalue weighted by Gasteiger charge is -2.15. The highest BCUT2D eigenvalue weighted by Gasteiger charge is 2.08. The van der Waals surface area contributed by atoms with Gasteiger partial charge in [0.25, 0.3) is 0 Å². The van der Waals surface area contributed by atoms with Gasteiger partial charge in [-0.05, 0) is 44.3 Å². The number of hydrogen-bond acceptors (Lipinski definition) is 3. The van der Waals surface area contributed by atoms with Crippen LogP contribution in [0.4, 0.5) is 4.39 Å². The van der Waals surface area contributed by atoms with Crippen molar-refractivity contribution in [2.45, 2.75) is 19.1 Å². The van der Waals surface area contributed by atoms with E-state index in [9.17, 15) is 9.50 Å². The van der Waals surface area contributed by atoms with Gasteiger partial charge >= 0.3 is 0 Å². The second-order valence-corrected chi connectivity index (χ2v) is 5.56. The molecule has 0 aliphatic heterocycles. The largest absolute Gasteiger partial charge is 0.489 e. The zero-order valence-electron chi connectivity index (χ0n) is 13.0. The SMILES string of the molecule is CN(C)CCC(O)c1ccc(OCc2ccccc2F)cc1. The maximum atomic E-state index is 13.5. The molecule has 0 saturated heterocycles. The van der Waals surface area contributed by atoms with Gasteiger partial charge < -0.3 is 14.7 Å². The van der Waals surface area contributed by atoms with Crippen LogP contribution in [0.25, 0.3) is 0 Å². The Morgan fingerprint density at radius 3 is 2.41 bits per heavy atom. The Morgan fingerprint density at radius 1 is 1.09 bits per heavy atom.